The van der Waals surface area contributed by atoms with Gasteiger partial charge in [-0.15, -0.1) is 0 Å². The molecule has 0 spiro atoms. The highest BCUT2D eigenvalue weighted by atomic mass is 19.4. The lowest BCUT2D eigenvalue weighted by atomic mass is 9.97. The van der Waals surface area contributed by atoms with Crippen molar-refractivity contribution in [2.45, 2.75) is 25.9 Å². The van der Waals surface area contributed by atoms with E-state index in [9.17, 15) is 27.6 Å². The molecule has 1 saturated heterocycles. The van der Waals surface area contributed by atoms with E-state index >= 15 is 0 Å². The van der Waals surface area contributed by atoms with Crippen LogP contribution in [0.15, 0.2) is 30.5 Å². The first-order chi connectivity index (χ1) is 16.5. The Hall–Kier alpha value is -3.57. The zero-order valence-electron chi connectivity index (χ0n) is 19.7. The van der Waals surface area contributed by atoms with Gasteiger partial charge in [0.15, 0.2) is 11.4 Å². The maximum atomic E-state index is 13.1. The summed E-state index contributed by atoms with van der Waals surface area (Å²) in [4.78, 5) is 40.3. The van der Waals surface area contributed by atoms with E-state index in [0.29, 0.717) is 32.5 Å². The molecule has 2 heterocycles. The van der Waals surface area contributed by atoms with Crippen molar-refractivity contribution in [2.75, 3.05) is 40.4 Å². The van der Waals surface area contributed by atoms with Gasteiger partial charge in [-0.1, -0.05) is 6.07 Å². The fraction of sp³-hybridized carbons (Fsp3) is 0.478. The van der Waals surface area contributed by atoms with Gasteiger partial charge < -0.3 is 19.3 Å². The van der Waals surface area contributed by atoms with Crippen LogP contribution in [-0.2, 0) is 20.5 Å². The van der Waals surface area contributed by atoms with Gasteiger partial charge in [0.2, 0.25) is 5.91 Å². The summed E-state index contributed by atoms with van der Waals surface area (Å²) in [7, 11) is 2.73. The summed E-state index contributed by atoms with van der Waals surface area (Å²) in [5, 5.41) is 4.12. The summed E-state index contributed by atoms with van der Waals surface area (Å²) in [5.41, 5.74) is -0.895. The number of piperidine rings is 1. The summed E-state index contributed by atoms with van der Waals surface area (Å²) >= 11 is 0. The topological polar surface area (TPSA) is 94.0 Å². The van der Waals surface area contributed by atoms with Crippen LogP contribution in [0.1, 0.15) is 35.8 Å². The Morgan fingerprint density at radius 2 is 1.89 bits per heavy atom. The number of benzene rings is 1. The molecule has 1 aromatic heterocycles. The molecule has 0 bridgehead atoms. The molecule has 2 amide bonds. The number of methoxy groups -OCH3 is 1. The first-order valence-corrected chi connectivity index (χ1v) is 11.1. The average Bonchev–Trinajstić information content (AvgIpc) is 3.28. The molecule has 0 N–H and O–H groups in total. The quantitative estimate of drug-likeness (QED) is 0.548. The molecule has 1 fully saturated rings. The molecule has 0 atom stereocenters. The lowest BCUT2D eigenvalue weighted by Crippen LogP contribution is -2.45. The number of esters is 1. The Labute approximate surface area is 200 Å². The number of halogens is 3. The Balaban J connectivity index is 1.68. The molecule has 0 unspecified atom stereocenters. The van der Waals surface area contributed by atoms with Crippen LogP contribution in [0, 0.1) is 5.92 Å². The van der Waals surface area contributed by atoms with Crippen molar-refractivity contribution in [1.82, 2.24) is 19.6 Å². The Morgan fingerprint density at radius 1 is 1.20 bits per heavy atom. The summed E-state index contributed by atoms with van der Waals surface area (Å²) in [5.74, 6) is -1.37. The van der Waals surface area contributed by atoms with E-state index in [4.69, 9.17) is 9.47 Å². The van der Waals surface area contributed by atoms with Crippen LogP contribution in [0.2, 0.25) is 0 Å². The molecule has 3 rings (SSSR count). The Bertz CT molecular complexity index is 1080. The molecule has 2 aromatic rings. The van der Waals surface area contributed by atoms with Crippen molar-refractivity contribution in [1.29, 1.82) is 0 Å². The number of carbonyl (C=O) groups excluding carboxylic acids is 3. The van der Waals surface area contributed by atoms with E-state index in [1.54, 1.807) is 11.8 Å². The lowest BCUT2D eigenvalue weighted by Gasteiger charge is -2.32. The minimum absolute atomic E-state index is 0.0574. The van der Waals surface area contributed by atoms with Crippen molar-refractivity contribution in [3.05, 3.63) is 41.7 Å². The number of hydrogen-bond donors (Lipinski definition) is 0. The van der Waals surface area contributed by atoms with Crippen molar-refractivity contribution < 1.29 is 37.0 Å². The lowest BCUT2D eigenvalue weighted by molar-refractivity contribution is -0.151. The van der Waals surface area contributed by atoms with Crippen molar-refractivity contribution in [3.63, 3.8) is 0 Å². The maximum Gasteiger partial charge on any atom is 0.416 e. The second-order valence-electron chi connectivity index (χ2n) is 8.11. The van der Waals surface area contributed by atoms with Gasteiger partial charge in [-0.2, -0.15) is 18.3 Å². The first kappa shape index (κ1) is 26.0. The number of likely N-dealkylation sites (N-methyl/N-ethyl adjacent to an activating group) is 1. The van der Waals surface area contributed by atoms with Crippen LogP contribution in [0.5, 0.6) is 5.75 Å². The SMILES string of the molecule is CCOC(=O)C1CCN(C(=O)CN(C)C(=O)c2nn(-c3cccc(C(F)(F)F)c3)cc2OC)CC1. The van der Waals surface area contributed by atoms with Gasteiger partial charge in [-0.05, 0) is 38.0 Å². The molecule has 35 heavy (non-hydrogen) atoms. The number of likely N-dealkylation sites (tertiary alicyclic amines) is 1. The number of ether oxygens (including phenoxy) is 2. The van der Waals surface area contributed by atoms with Gasteiger partial charge in [0.25, 0.3) is 5.91 Å². The molecule has 1 aliphatic rings. The van der Waals surface area contributed by atoms with Crippen molar-refractivity contribution >= 4 is 17.8 Å². The van der Waals surface area contributed by atoms with Crippen LogP contribution in [0.25, 0.3) is 5.69 Å². The molecule has 1 aromatic carbocycles. The van der Waals surface area contributed by atoms with Gasteiger partial charge >= 0.3 is 12.1 Å². The van der Waals surface area contributed by atoms with E-state index in [2.05, 4.69) is 5.10 Å². The second-order valence-corrected chi connectivity index (χ2v) is 8.11. The zero-order valence-corrected chi connectivity index (χ0v) is 19.7. The molecule has 190 valence electrons. The van der Waals surface area contributed by atoms with Crippen molar-refractivity contribution in [2.24, 2.45) is 5.92 Å². The van der Waals surface area contributed by atoms with Gasteiger partial charge in [0, 0.05) is 20.1 Å². The smallest absolute Gasteiger partial charge is 0.416 e. The number of hydrogen-bond acceptors (Lipinski definition) is 6. The van der Waals surface area contributed by atoms with Crippen LogP contribution in [-0.4, -0.2) is 77.8 Å². The van der Waals surface area contributed by atoms with Crippen LogP contribution < -0.4 is 4.74 Å². The van der Waals surface area contributed by atoms with E-state index in [0.717, 1.165) is 16.8 Å². The largest absolute Gasteiger partial charge is 0.493 e. The summed E-state index contributed by atoms with van der Waals surface area (Å²) in [6.07, 6.45) is -2.26. The first-order valence-electron chi connectivity index (χ1n) is 11.1. The fourth-order valence-electron chi connectivity index (χ4n) is 3.79. The number of rotatable bonds is 7. The molecular formula is C23H27F3N4O5. The molecule has 12 heteroatoms. The zero-order chi connectivity index (χ0) is 25.8. The van der Waals surface area contributed by atoms with E-state index in [1.165, 1.54) is 37.4 Å². The Morgan fingerprint density at radius 3 is 2.49 bits per heavy atom. The Kier molecular flexibility index (Phi) is 8.03. The monoisotopic (exact) mass is 496 g/mol. The van der Waals surface area contributed by atoms with Gasteiger partial charge in [-0.25, -0.2) is 4.68 Å². The highest BCUT2D eigenvalue weighted by Crippen LogP contribution is 2.31. The van der Waals surface area contributed by atoms with Crippen molar-refractivity contribution in [3.8, 4) is 11.4 Å². The second kappa shape index (κ2) is 10.8. The van der Waals surface area contributed by atoms with Gasteiger partial charge in [0.1, 0.15) is 0 Å². The van der Waals surface area contributed by atoms with E-state index in [-0.39, 0.29) is 41.5 Å². The number of amides is 2. The standard InChI is InChI=1S/C23H27F3N4O5/c1-4-35-22(33)15-8-10-29(11-9-15)19(31)14-28(2)21(32)20-18(34-3)13-30(27-20)17-7-5-6-16(12-17)23(24,25)26/h5-7,12-13,15H,4,8-11,14H2,1-3H3. The fourth-order valence-corrected chi connectivity index (χ4v) is 3.79. The normalized spacial score (nSPS) is 14.5. The molecule has 9 nitrogen and oxygen atoms in total. The minimum atomic E-state index is -4.53. The summed E-state index contributed by atoms with van der Waals surface area (Å²) < 4.78 is 50.5. The molecule has 0 aliphatic carbocycles. The number of alkyl halides is 3. The average molecular weight is 496 g/mol. The van der Waals surface area contributed by atoms with Crippen LogP contribution >= 0.6 is 0 Å². The number of aromatic nitrogens is 2. The highest BCUT2D eigenvalue weighted by Gasteiger charge is 2.32. The number of carbonyl (C=O) groups is 3. The minimum Gasteiger partial charge on any atom is -0.493 e. The van der Waals surface area contributed by atoms with Crippen LogP contribution in [0.4, 0.5) is 13.2 Å². The number of nitrogens with zero attached hydrogens (tertiary/aromatic N) is 4. The summed E-state index contributed by atoms with van der Waals surface area (Å²) in [6, 6.07) is 4.51. The molecular weight excluding hydrogens is 469 g/mol. The molecule has 0 radical (unpaired) electrons. The van der Waals surface area contributed by atoms with Crippen LogP contribution in [0.3, 0.4) is 0 Å². The third-order valence-electron chi connectivity index (χ3n) is 5.73. The molecule has 1 aliphatic heterocycles. The van der Waals surface area contributed by atoms with E-state index < -0.39 is 17.6 Å². The third-order valence-corrected chi connectivity index (χ3v) is 5.73. The van der Waals surface area contributed by atoms with Gasteiger partial charge in [0.05, 0.1) is 43.6 Å². The van der Waals surface area contributed by atoms with E-state index in [1.807, 2.05) is 0 Å². The molecule has 0 saturated carbocycles. The highest BCUT2D eigenvalue weighted by molar-refractivity contribution is 5.97. The van der Waals surface area contributed by atoms with Gasteiger partial charge in [-0.3, -0.25) is 14.4 Å². The predicted molar refractivity (Wildman–Crippen MR) is 118 cm³/mol. The predicted octanol–water partition coefficient (Wildman–Crippen LogP) is 2.77. The third kappa shape index (κ3) is 6.11. The summed E-state index contributed by atoms with van der Waals surface area (Å²) in [6.45, 7) is 2.55. The maximum absolute atomic E-state index is 13.1.